The van der Waals surface area contributed by atoms with Crippen LogP contribution in [0.4, 0.5) is 15.9 Å². The van der Waals surface area contributed by atoms with Crippen LogP contribution >= 0.6 is 35.6 Å². The Hall–Kier alpha value is -2.06. The molecular formula is C24H26Cl3FN4O2. The molecule has 0 radical (unpaired) electrons. The average Bonchev–Trinajstić information content (AvgIpc) is 3.32. The summed E-state index contributed by atoms with van der Waals surface area (Å²) in [4.78, 5) is 11.1. The molecular weight excluding hydrogens is 502 g/mol. The molecule has 34 heavy (non-hydrogen) atoms. The van der Waals surface area contributed by atoms with Gasteiger partial charge in [0.15, 0.2) is 11.5 Å². The predicted molar refractivity (Wildman–Crippen MR) is 136 cm³/mol. The monoisotopic (exact) mass is 526 g/mol. The summed E-state index contributed by atoms with van der Waals surface area (Å²) in [5.41, 5.74) is 0.829. The lowest BCUT2D eigenvalue weighted by Crippen LogP contribution is -2.18. The van der Waals surface area contributed by atoms with Gasteiger partial charge in [0, 0.05) is 24.5 Å². The second-order valence-corrected chi connectivity index (χ2v) is 9.82. The molecule has 182 valence electrons. The summed E-state index contributed by atoms with van der Waals surface area (Å²) in [6.07, 6.45) is 3.83. The topological polar surface area (TPSA) is 59.5 Å². The Kier molecular flexibility index (Phi) is 7.57. The SMILES string of the molecule is COc1cc2c(Nc3cc(Cl)c(Cl)cc3F)ncnc2cc1OCC1C[C@@H]2CN(C)C[C@@H]2C1.Cl. The molecule has 3 atom stereocenters. The number of methoxy groups -OCH3 is 1. The van der Waals surface area contributed by atoms with Gasteiger partial charge >= 0.3 is 0 Å². The molecule has 1 aliphatic carbocycles. The molecule has 3 aromatic rings. The molecule has 10 heteroatoms. The predicted octanol–water partition coefficient (Wildman–Crippen LogP) is 6.22. The van der Waals surface area contributed by atoms with E-state index in [1.165, 1.54) is 38.3 Å². The first-order chi connectivity index (χ1) is 15.9. The highest BCUT2D eigenvalue weighted by Gasteiger charge is 2.39. The van der Waals surface area contributed by atoms with Crippen LogP contribution in [0.1, 0.15) is 12.8 Å². The molecule has 2 aromatic carbocycles. The summed E-state index contributed by atoms with van der Waals surface area (Å²) >= 11 is 11.9. The van der Waals surface area contributed by atoms with Gasteiger partial charge in [-0.1, -0.05) is 23.2 Å². The standard InChI is InChI=1S/C24H25Cl2FN4O2.ClH/c1-31-9-14-3-13(4-15(14)10-31)11-33-23-8-20-16(5-22(23)32-2)24(29-12-28-20)30-21-7-18(26)17(25)6-19(21)27;/h5-8,12-15H,3-4,9-11H2,1-2H3,(H,28,29,30);1H/t13?,14-,15+;. The summed E-state index contributed by atoms with van der Waals surface area (Å²) in [7, 11) is 3.80. The Morgan fingerprint density at radius 3 is 2.47 bits per heavy atom. The van der Waals surface area contributed by atoms with E-state index in [9.17, 15) is 4.39 Å². The number of halogens is 4. The minimum atomic E-state index is -0.532. The number of benzene rings is 2. The van der Waals surface area contributed by atoms with Gasteiger partial charge in [0.25, 0.3) is 0 Å². The molecule has 0 amide bonds. The van der Waals surface area contributed by atoms with Crippen LogP contribution in [0.15, 0.2) is 30.6 Å². The van der Waals surface area contributed by atoms with Crippen LogP contribution in [0, 0.1) is 23.6 Å². The number of nitrogens with one attached hydrogen (secondary N) is 1. The van der Waals surface area contributed by atoms with E-state index in [0.29, 0.717) is 40.7 Å². The number of fused-ring (bicyclic) bond motifs is 2. The zero-order chi connectivity index (χ0) is 23.1. The van der Waals surface area contributed by atoms with Gasteiger partial charge < -0.3 is 19.7 Å². The molecule has 0 spiro atoms. The highest BCUT2D eigenvalue weighted by atomic mass is 35.5. The summed E-state index contributed by atoms with van der Waals surface area (Å²) in [5, 5.41) is 4.05. The van der Waals surface area contributed by atoms with E-state index in [2.05, 4.69) is 27.2 Å². The molecule has 2 aliphatic rings. The first kappa shape index (κ1) is 25.0. The van der Waals surface area contributed by atoms with Crippen molar-refractivity contribution in [2.45, 2.75) is 12.8 Å². The third kappa shape index (κ3) is 4.98. The summed E-state index contributed by atoms with van der Waals surface area (Å²) in [5.74, 6) is 3.23. The van der Waals surface area contributed by atoms with Gasteiger partial charge in [0.05, 0.1) is 35.0 Å². The van der Waals surface area contributed by atoms with Crippen LogP contribution in [0.25, 0.3) is 10.9 Å². The minimum absolute atomic E-state index is 0. The van der Waals surface area contributed by atoms with E-state index in [0.717, 1.165) is 17.9 Å². The summed E-state index contributed by atoms with van der Waals surface area (Å²) < 4.78 is 26.2. The van der Waals surface area contributed by atoms with E-state index in [1.54, 1.807) is 13.2 Å². The lowest BCUT2D eigenvalue weighted by atomic mass is 10.0. The molecule has 1 aliphatic heterocycles. The minimum Gasteiger partial charge on any atom is -0.493 e. The van der Waals surface area contributed by atoms with E-state index < -0.39 is 5.82 Å². The average molecular weight is 528 g/mol. The van der Waals surface area contributed by atoms with E-state index >= 15 is 0 Å². The fourth-order valence-corrected chi connectivity index (χ4v) is 5.50. The van der Waals surface area contributed by atoms with Crippen molar-refractivity contribution in [1.82, 2.24) is 14.9 Å². The molecule has 1 unspecified atom stereocenters. The molecule has 0 bridgehead atoms. The van der Waals surface area contributed by atoms with Gasteiger partial charge in [0.1, 0.15) is 18.0 Å². The van der Waals surface area contributed by atoms with Crippen molar-refractivity contribution in [1.29, 1.82) is 0 Å². The third-order valence-electron chi connectivity index (χ3n) is 6.69. The number of likely N-dealkylation sites (tertiary alicyclic amines) is 1. The molecule has 1 N–H and O–H groups in total. The highest BCUT2D eigenvalue weighted by Crippen LogP contribution is 2.42. The second-order valence-electron chi connectivity index (χ2n) is 9.00. The van der Waals surface area contributed by atoms with Crippen molar-refractivity contribution in [3.05, 3.63) is 46.5 Å². The zero-order valence-electron chi connectivity index (χ0n) is 18.9. The number of nitrogens with zero attached hydrogens (tertiary/aromatic N) is 3. The van der Waals surface area contributed by atoms with Gasteiger partial charge in [-0.2, -0.15) is 0 Å². The molecule has 2 fully saturated rings. The first-order valence-electron chi connectivity index (χ1n) is 11.0. The van der Waals surface area contributed by atoms with E-state index in [1.807, 2.05) is 6.07 Å². The lowest BCUT2D eigenvalue weighted by molar-refractivity contribution is 0.227. The number of anilines is 2. The quantitative estimate of drug-likeness (QED) is 0.384. The third-order valence-corrected chi connectivity index (χ3v) is 7.41. The van der Waals surface area contributed by atoms with Crippen LogP contribution < -0.4 is 14.8 Å². The fourth-order valence-electron chi connectivity index (χ4n) is 5.19. The lowest BCUT2D eigenvalue weighted by Gasteiger charge is -2.17. The van der Waals surface area contributed by atoms with Crippen LogP contribution in [0.3, 0.4) is 0 Å². The molecule has 5 rings (SSSR count). The maximum Gasteiger partial charge on any atom is 0.163 e. The van der Waals surface area contributed by atoms with Crippen LogP contribution in [-0.4, -0.2) is 48.7 Å². The molecule has 6 nitrogen and oxygen atoms in total. The van der Waals surface area contributed by atoms with Crippen LogP contribution in [-0.2, 0) is 0 Å². The maximum atomic E-state index is 14.4. The van der Waals surface area contributed by atoms with E-state index in [-0.39, 0.29) is 28.1 Å². The van der Waals surface area contributed by atoms with Crippen molar-refractivity contribution in [2.24, 2.45) is 17.8 Å². The van der Waals surface area contributed by atoms with Gasteiger partial charge in [-0.05, 0) is 55.8 Å². The molecule has 1 saturated carbocycles. The Balaban J connectivity index is 0.00000274. The Morgan fingerprint density at radius 2 is 1.76 bits per heavy atom. The van der Waals surface area contributed by atoms with E-state index in [4.69, 9.17) is 32.7 Å². The number of hydrogen-bond donors (Lipinski definition) is 1. The van der Waals surface area contributed by atoms with Crippen molar-refractivity contribution in [3.8, 4) is 11.5 Å². The first-order valence-corrected chi connectivity index (χ1v) is 11.7. The van der Waals surface area contributed by atoms with Crippen molar-refractivity contribution < 1.29 is 13.9 Å². The number of hydrogen-bond acceptors (Lipinski definition) is 6. The largest absolute Gasteiger partial charge is 0.493 e. The number of rotatable bonds is 6. The van der Waals surface area contributed by atoms with Crippen LogP contribution in [0.2, 0.25) is 10.0 Å². The van der Waals surface area contributed by atoms with Gasteiger partial charge in [-0.3, -0.25) is 0 Å². The Labute approximate surface area is 214 Å². The number of aromatic nitrogens is 2. The Bertz CT molecular complexity index is 1180. The van der Waals surface area contributed by atoms with Crippen LogP contribution in [0.5, 0.6) is 11.5 Å². The van der Waals surface area contributed by atoms with Crippen molar-refractivity contribution in [3.63, 3.8) is 0 Å². The summed E-state index contributed by atoms with van der Waals surface area (Å²) in [6, 6.07) is 6.24. The normalized spacial score (nSPS) is 21.9. The maximum absolute atomic E-state index is 14.4. The van der Waals surface area contributed by atoms with Crippen molar-refractivity contribution >= 4 is 58.0 Å². The summed E-state index contributed by atoms with van der Waals surface area (Å²) in [6.45, 7) is 3.03. The fraction of sp³-hybridized carbons (Fsp3) is 0.417. The van der Waals surface area contributed by atoms with Gasteiger partial charge in [-0.15, -0.1) is 12.4 Å². The second kappa shape index (κ2) is 10.3. The molecule has 1 saturated heterocycles. The smallest absolute Gasteiger partial charge is 0.163 e. The van der Waals surface area contributed by atoms with Gasteiger partial charge in [-0.25, -0.2) is 14.4 Å². The Morgan fingerprint density at radius 1 is 1.06 bits per heavy atom. The van der Waals surface area contributed by atoms with Gasteiger partial charge in [0.2, 0.25) is 0 Å². The number of ether oxygens (including phenoxy) is 2. The van der Waals surface area contributed by atoms with Crippen molar-refractivity contribution in [2.75, 3.05) is 39.2 Å². The zero-order valence-corrected chi connectivity index (χ0v) is 21.2. The molecule has 1 aromatic heterocycles. The molecule has 2 heterocycles. The highest BCUT2D eigenvalue weighted by molar-refractivity contribution is 6.42.